The maximum Gasteiger partial charge on any atom is 0.490 e. The Kier molecular flexibility index (Phi) is 9.32. The Bertz CT molecular complexity index is 1160. The van der Waals surface area contributed by atoms with Gasteiger partial charge in [0.1, 0.15) is 11.1 Å². The zero-order chi connectivity index (χ0) is 25.4. The highest BCUT2D eigenvalue weighted by Gasteiger charge is 2.38. The van der Waals surface area contributed by atoms with Gasteiger partial charge in [0.2, 0.25) is 0 Å². The van der Waals surface area contributed by atoms with Crippen LogP contribution in [0, 0.1) is 17.2 Å². The number of ether oxygens (including phenoxy) is 1. The van der Waals surface area contributed by atoms with Crippen molar-refractivity contribution < 1.29 is 27.8 Å². The van der Waals surface area contributed by atoms with Crippen molar-refractivity contribution in [2.45, 2.75) is 36.2 Å². The molecule has 1 unspecified atom stereocenters. The Labute approximate surface area is 209 Å². The van der Waals surface area contributed by atoms with Crippen LogP contribution < -0.4 is 0 Å². The van der Waals surface area contributed by atoms with Crippen molar-refractivity contribution in [3.63, 3.8) is 0 Å². The zero-order valence-corrected chi connectivity index (χ0v) is 20.4. The Hall–Kier alpha value is -2.87. The summed E-state index contributed by atoms with van der Waals surface area (Å²) < 4.78 is 37.3. The first kappa shape index (κ1) is 26.7. The van der Waals surface area contributed by atoms with Gasteiger partial charge < -0.3 is 9.84 Å². The molecule has 0 aliphatic carbocycles. The molecular formula is C25H23F3N2O3S2. The van der Waals surface area contributed by atoms with Gasteiger partial charge in [0.15, 0.2) is 0 Å². The molecule has 5 nitrogen and oxygen atoms in total. The second-order valence-electron chi connectivity index (χ2n) is 7.77. The van der Waals surface area contributed by atoms with E-state index in [0.717, 1.165) is 52.8 Å². The van der Waals surface area contributed by atoms with E-state index in [4.69, 9.17) is 19.6 Å². The summed E-state index contributed by atoms with van der Waals surface area (Å²) in [6, 6.07) is 18.8. The number of hydrogen-bond acceptors (Lipinski definition) is 6. The summed E-state index contributed by atoms with van der Waals surface area (Å²) in [5, 5.41) is 20.4. The fraction of sp³-hybridized carbons (Fsp3) is 0.320. The van der Waals surface area contributed by atoms with Crippen LogP contribution in [-0.4, -0.2) is 40.7 Å². The number of nitrogens with zero attached hydrogens (tertiary/aromatic N) is 2. The number of thioether (sulfide) groups is 1. The minimum absolute atomic E-state index is 0.394. The van der Waals surface area contributed by atoms with Crippen LogP contribution in [0.2, 0.25) is 0 Å². The molecule has 0 spiro atoms. The number of thiophene rings is 1. The first-order chi connectivity index (χ1) is 16.7. The molecule has 0 radical (unpaired) electrons. The van der Waals surface area contributed by atoms with Crippen LogP contribution in [0.4, 0.5) is 13.2 Å². The third-order valence-corrected chi connectivity index (χ3v) is 7.59. The van der Waals surface area contributed by atoms with Crippen LogP contribution in [0.25, 0.3) is 21.7 Å². The number of alkyl halides is 3. The second-order valence-corrected chi connectivity index (χ2v) is 10.1. The summed E-state index contributed by atoms with van der Waals surface area (Å²) in [5.74, 6) is -2.16. The van der Waals surface area contributed by atoms with E-state index in [2.05, 4.69) is 42.6 Å². The molecule has 0 bridgehead atoms. The van der Waals surface area contributed by atoms with Gasteiger partial charge >= 0.3 is 12.1 Å². The Morgan fingerprint density at radius 2 is 1.89 bits per heavy atom. The molecular weight excluding hydrogens is 497 g/mol. The van der Waals surface area contributed by atoms with E-state index in [0.29, 0.717) is 16.7 Å². The number of benzene rings is 1. The smallest absolute Gasteiger partial charge is 0.475 e. The molecule has 1 aliphatic heterocycles. The van der Waals surface area contributed by atoms with Gasteiger partial charge in [-0.2, -0.15) is 18.4 Å². The average molecular weight is 521 g/mol. The minimum Gasteiger partial charge on any atom is -0.475 e. The Morgan fingerprint density at radius 3 is 2.43 bits per heavy atom. The number of aliphatic carboxylic acids is 1. The molecule has 10 heteroatoms. The molecule has 1 N–H and O–H groups in total. The standard InChI is InChI=1S/C23H22N2OS2.C2HF3O2/c1-16(17-9-11-26-12-10-17)28-23-20(15-24)19(18-6-3-2-4-7-18)14-21(25-23)22-8-5-13-27-22;3-2(4,5)1(6)7/h2-8,13-14,16-17H,9-12H2,1H3;(H,6,7). The maximum absolute atomic E-state index is 10.6. The normalized spacial score (nSPS) is 14.9. The highest BCUT2D eigenvalue weighted by molar-refractivity contribution is 7.99. The van der Waals surface area contributed by atoms with Gasteiger partial charge in [-0.3, -0.25) is 0 Å². The summed E-state index contributed by atoms with van der Waals surface area (Å²) in [7, 11) is 0. The van der Waals surface area contributed by atoms with E-state index in [9.17, 15) is 18.4 Å². The van der Waals surface area contributed by atoms with Crippen LogP contribution in [0.5, 0.6) is 0 Å². The van der Waals surface area contributed by atoms with Crippen molar-refractivity contribution in [1.82, 2.24) is 4.98 Å². The monoisotopic (exact) mass is 520 g/mol. The molecule has 1 saturated heterocycles. The van der Waals surface area contributed by atoms with Crippen molar-refractivity contribution in [3.05, 3.63) is 59.5 Å². The Morgan fingerprint density at radius 1 is 1.23 bits per heavy atom. The van der Waals surface area contributed by atoms with Crippen LogP contribution in [0.3, 0.4) is 0 Å². The molecule has 1 fully saturated rings. The summed E-state index contributed by atoms with van der Waals surface area (Å²) >= 11 is 3.41. The number of nitriles is 1. The lowest BCUT2D eigenvalue weighted by atomic mass is 9.97. The quantitative estimate of drug-likeness (QED) is 0.369. The number of hydrogen-bond donors (Lipinski definition) is 1. The number of halogens is 3. The van der Waals surface area contributed by atoms with E-state index in [1.54, 1.807) is 23.1 Å². The SMILES string of the molecule is CC(Sc1nc(-c2cccs2)cc(-c2ccccc2)c1C#N)C1CCOCC1.O=C(O)C(F)(F)F. The highest BCUT2D eigenvalue weighted by Crippen LogP contribution is 2.39. The minimum atomic E-state index is -5.08. The predicted molar refractivity (Wildman–Crippen MR) is 130 cm³/mol. The number of rotatable bonds is 5. The van der Waals surface area contributed by atoms with Gasteiger partial charge in [-0.05, 0) is 41.8 Å². The molecule has 3 heterocycles. The molecule has 0 amide bonds. The van der Waals surface area contributed by atoms with Crippen molar-refractivity contribution in [2.24, 2.45) is 5.92 Å². The molecule has 184 valence electrons. The third-order valence-electron chi connectivity index (χ3n) is 5.43. The average Bonchev–Trinajstić information content (AvgIpc) is 3.39. The van der Waals surface area contributed by atoms with Crippen LogP contribution >= 0.6 is 23.1 Å². The lowest BCUT2D eigenvalue weighted by Crippen LogP contribution is -2.23. The molecule has 4 rings (SSSR count). The molecule has 2 aromatic heterocycles. The van der Waals surface area contributed by atoms with E-state index in [-0.39, 0.29) is 0 Å². The maximum atomic E-state index is 10.6. The van der Waals surface area contributed by atoms with E-state index < -0.39 is 12.1 Å². The third kappa shape index (κ3) is 7.31. The Balaban J connectivity index is 0.000000429. The highest BCUT2D eigenvalue weighted by atomic mass is 32.2. The summed E-state index contributed by atoms with van der Waals surface area (Å²) in [6.07, 6.45) is -2.93. The molecule has 1 atom stereocenters. The number of carboxylic acid groups (broad SMARTS) is 1. The second kappa shape index (κ2) is 12.2. The lowest BCUT2D eigenvalue weighted by Gasteiger charge is -2.27. The van der Waals surface area contributed by atoms with Gasteiger partial charge in [0.25, 0.3) is 0 Å². The predicted octanol–water partition coefficient (Wildman–Crippen LogP) is 6.89. The summed E-state index contributed by atoms with van der Waals surface area (Å²) in [6.45, 7) is 3.92. The number of aromatic nitrogens is 1. The molecule has 35 heavy (non-hydrogen) atoms. The zero-order valence-electron chi connectivity index (χ0n) is 18.8. The fourth-order valence-electron chi connectivity index (χ4n) is 3.57. The summed E-state index contributed by atoms with van der Waals surface area (Å²) in [5.41, 5.74) is 3.63. The van der Waals surface area contributed by atoms with E-state index in [1.165, 1.54) is 0 Å². The molecule has 0 saturated carbocycles. The van der Waals surface area contributed by atoms with Crippen molar-refractivity contribution in [3.8, 4) is 27.8 Å². The van der Waals surface area contributed by atoms with Gasteiger partial charge in [0.05, 0.1) is 16.1 Å². The largest absolute Gasteiger partial charge is 0.490 e. The first-order valence-electron chi connectivity index (χ1n) is 10.8. The number of carbonyl (C=O) groups is 1. The van der Waals surface area contributed by atoms with E-state index in [1.807, 2.05) is 24.3 Å². The van der Waals surface area contributed by atoms with Crippen LogP contribution in [0.1, 0.15) is 25.3 Å². The molecule has 3 aromatic rings. The topological polar surface area (TPSA) is 83.2 Å². The van der Waals surface area contributed by atoms with Crippen molar-refractivity contribution in [2.75, 3.05) is 13.2 Å². The number of carboxylic acids is 1. The van der Waals surface area contributed by atoms with Crippen molar-refractivity contribution >= 4 is 29.1 Å². The summed E-state index contributed by atoms with van der Waals surface area (Å²) in [4.78, 5) is 14.9. The van der Waals surface area contributed by atoms with E-state index >= 15 is 0 Å². The van der Waals surface area contributed by atoms with Crippen LogP contribution in [0.15, 0.2) is 58.9 Å². The fourth-order valence-corrected chi connectivity index (χ4v) is 5.50. The van der Waals surface area contributed by atoms with Gasteiger partial charge in [0, 0.05) is 24.0 Å². The van der Waals surface area contributed by atoms with Crippen LogP contribution in [-0.2, 0) is 9.53 Å². The molecule has 1 aliphatic rings. The number of pyridine rings is 1. The molecule has 1 aromatic carbocycles. The lowest BCUT2D eigenvalue weighted by molar-refractivity contribution is -0.192. The van der Waals surface area contributed by atoms with Gasteiger partial charge in [-0.15, -0.1) is 23.1 Å². The van der Waals surface area contributed by atoms with Crippen molar-refractivity contribution in [1.29, 1.82) is 5.26 Å². The van der Waals surface area contributed by atoms with Gasteiger partial charge in [-0.25, -0.2) is 9.78 Å². The van der Waals surface area contributed by atoms with Gasteiger partial charge in [-0.1, -0.05) is 43.3 Å². The first-order valence-corrected chi connectivity index (χ1v) is 12.6.